The third-order valence-corrected chi connectivity index (χ3v) is 2.60. The molecule has 0 spiro atoms. The number of carbonyl (C=O) groups excluding carboxylic acids is 1. The second-order valence-corrected chi connectivity index (χ2v) is 4.08. The van der Waals surface area contributed by atoms with Gasteiger partial charge in [-0.05, 0) is 25.0 Å². The molecule has 0 fully saturated rings. The Morgan fingerprint density at radius 3 is 2.76 bits per heavy atom. The summed E-state index contributed by atoms with van der Waals surface area (Å²) in [4.78, 5) is 11.7. The van der Waals surface area contributed by atoms with Crippen LogP contribution >= 0.6 is 0 Å². The molecule has 0 bridgehead atoms. The van der Waals surface area contributed by atoms with Crippen molar-refractivity contribution in [1.82, 2.24) is 5.32 Å². The Balaban J connectivity index is 2.66. The summed E-state index contributed by atoms with van der Waals surface area (Å²) in [7, 11) is 0. The van der Waals surface area contributed by atoms with Gasteiger partial charge in [-0.25, -0.2) is 4.39 Å². The summed E-state index contributed by atoms with van der Waals surface area (Å²) in [5.41, 5.74) is 0.474. The maximum absolute atomic E-state index is 13.4. The number of benzene rings is 1. The third kappa shape index (κ3) is 3.73. The number of aryl methyl sites for hydroxylation is 1. The predicted molar refractivity (Wildman–Crippen MR) is 64.7 cm³/mol. The molecule has 0 aliphatic carbocycles. The van der Waals surface area contributed by atoms with Crippen molar-refractivity contribution in [3.63, 3.8) is 0 Å². The lowest BCUT2D eigenvalue weighted by Gasteiger charge is -2.07. The summed E-state index contributed by atoms with van der Waals surface area (Å²) < 4.78 is 13.4. The molecular formula is C13H18FNO2. The first-order valence-electron chi connectivity index (χ1n) is 5.83. The molecule has 0 radical (unpaired) electrons. The lowest BCUT2D eigenvalue weighted by atomic mass is 10.1. The Kier molecular flexibility index (Phi) is 4.94. The highest BCUT2D eigenvalue weighted by Crippen LogP contribution is 2.20. The molecule has 0 aliphatic heterocycles. The number of aromatic hydroxyl groups is 1. The third-order valence-electron chi connectivity index (χ3n) is 2.60. The number of nitrogens with one attached hydrogen (secondary N) is 1. The molecule has 1 amide bonds. The van der Waals surface area contributed by atoms with Crippen molar-refractivity contribution in [2.45, 2.75) is 33.1 Å². The van der Waals surface area contributed by atoms with Crippen molar-refractivity contribution < 1.29 is 14.3 Å². The molecule has 1 aromatic rings. The van der Waals surface area contributed by atoms with Crippen LogP contribution in [0.3, 0.4) is 0 Å². The van der Waals surface area contributed by atoms with Gasteiger partial charge in [0.25, 0.3) is 5.91 Å². The van der Waals surface area contributed by atoms with Gasteiger partial charge in [0.1, 0.15) is 11.6 Å². The largest absolute Gasteiger partial charge is 0.508 e. The van der Waals surface area contributed by atoms with E-state index < -0.39 is 11.7 Å². The number of hydrogen-bond donors (Lipinski definition) is 2. The van der Waals surface area contributed by atoms with Crippen LogP contribution in [0.2, 0.25) is 0 Å². The van der Waals surface area contributed by atoms with Gasteiger partial charge in [0.15, 0.2) is 0 Å². The molecule has 94 valence electrons. The SMILES string of the molecule is CCCCCNC(=O)c1cc(C)c(O)cc1F. The van der Waals surface area contributed by atoms with Crippen LogP contribution in [0, 0.1) is 12.7 Å². The second kappa shape index (κ2) is 6.23. The van der Waals surface area contributed by atoms with E-state index in [1.165, 1.54) is 6.07 Å². The zero-order valence-electron chi connectivity index (χ0n) is 10.2. The lowest BCUT2D eigenvalue weighted by molar-refractivity contribution is 0.0949. The van der Waals surface area contributed by atoms with E-state index in [1.807, 2.05) is 0 Å². The highest BCUT2D eigenvalue weighted by Gasteiger charge is 2.13. The van der Waals surface area contributed by atoms with E-state index in [1.54, 1.807) is 6.92 Å². The molecule has 17 heavy (non-hydrogen) atoms. The normalized spacial score (nSPS) is 10.3. The van der Waals surface area contributed by atoms with Crippen LogP contribution in [0.5, 0.6) is 5.75 Å². The lowest BCUT2D eigenvalue weighted by Crippen LogP contribution is -2.25. The minimum Gasteiger partial charge on any atom is -0.508 e. The Morgan fingerprint density at radius 1 is 1.41 bits per heavy atom. The standard InChI is InChI=1S/C13H18FNO2/c1-3-4-5-6-15-13(17)10-7-9(2)12(16)8-11(10)14/h7-8,16H,3-6H2,1-2H3,(H,15,17). The number of amides is 1. The number of rotatable bonds is 5. The highest BCUT2D eigenvalue weighted by molar-refractivity contribution is 5.94. The number of phenolic OH excluding ortho intramolecular Hbond substituents is 1. The summed E-state index contributed by atoms with van der Waals surface area (Å²) in [6.07, 6.45) is 3.00. The van der Waals surface area contributed by atoms with E-state index in [0.717, 1.165) is 25.3 Å². The molecule has 0 saturated carbocycles. The molecule has 3 nitrogen and oxygen atoms in total. The van der Waals surface area contributed by atoms with Crippen molar-refractivity contribution in [1.29, 1.82) is 0 Å². The fraction of sp³-hybridized carbons (Fsp3) is 0.462. The average molecular weight is 239 g/mol. The quantitative estimate of drug-likeness (QED) is 0.776. The molecule has 1 aromatic carbocycles. The van der Waals surface area contributed by atoms with Gasteiger partial charge >= 0.3 is 0 Å². The maximum Gasteiger partial charge on any atom is 0.254 e. The van der Waals surface area contributed by atoms with E-state index in [0.29, 0.717) is 12.1 Å². The molecule has 0 aliphatic rings. The van der Waals surface area contributed by atoms with Crippen LogP contribution in [0.15, 0.2) is 12.1 Å². The number of hydrogen-bond acceptors (Lipinski definition) is 2. The molecular weight excluding hydrogens is 221 g/mol. The number of phenols is 1. The van der Waals surface area contributed by atoms with Gasteiger partial charge in [0, 0.05) is 12.6 Å². The van der Waals surface area contributed by atoms with E-state index in [4.69, 9.17) is 0 Å². The summed E-state index contributed by atoms with van der Waals surface area (Å²) in [5, 5.41) is 11.9. The van der Waals surface area contributed by atoms with Crippen LogP contribution in [-0.2, 0) is 0 Å². The summed E-state index contributed by atoms with van der Waals surface area (Å²) >= 11 is 0. The Morgan fingerprint density at radius 2 is 2.12 bits per heavy atom. The van der Waals surface area contributed by atoms with Gasteiger partial charge in [0.05, 0.1) is 5.56 Å². The fourth-order valence-electron chi connectivity index (χ4n) is 1.52. The van der Waals surface area contributed by atoms with Crippen molar-refractivity contribution in [3.05, 3.63) is 29.1 Å². The fourth-order valence-corrected chi connectivity index (χ4v) is 1.52. The van der Waals surface area contributed by atoms with Crippen molar-refractivity contribution in [2.24, 2.45) is 0 Å². The van der Waals surface area contributed by atoms with Crippen LogP contribution in [0.1, 0.15) is 42.1 Å². The molecule has 0 aromatic heterocycles. The van der Waals surface area contributed by atoms with E-state index >= 15 is 0 Å². The van der Waals surface area contributed by atoms with Crippen molar-refractivity contribution >= 4 is 5.91 Å². The molecule has 0 saturated heterocycles. The van der Waals surface area contributed by atoms with Gasteiger partial charge in [0.2, 0.25) is 0 Å². The van der Waals surface area contributed by atoms with Crippen LogP contribution < -0.4 is 5.32 Å². The number of unbranched alkanes of at least 4 members (excludes halogenated alkanes) is 2. The minimum atomic E-state index is -0.693. The zero-order valence-corrected chi connectivity index (χ0v) is 10.2. The second-order valence-electron chi connectivity index (χ2n) is 4.08. The zero-order chi connectivity index (χ0) is 12.8. The van der Waals surface area contributed by atoms with E-state index in [2.05, 4.69) is 12.2 Å². The smallest absolute Gasteiger partial charge is 0.254 e. The topological polar surface area (TPSA) is 49.3 Å². The van der Waals surface area contributed by atoms with Gasteiger partial charge in [-0.1, -0.05) is 19.8 Å². The summed E-state index contributed by atoms with van der Waals surface area (Å²) in [5.74, 6) is -1.26. The monoisotopic (exact) mass is 239 g/mol. The van der Waals surface area contributed by atoms with Gasteiger partial charge in [-0.3, -0.25) is 4.79 Å². The van der Waals surface area contributed by atoms with Crippen molar-refractivity contribution in [2.75, 3.05) is 6.54 Å². The minimum absolute atomic E-state index is 0.0169. The van der Waals surface area contributed by atoms with Crippen LogP contribution in [-0.4, -0.2) is 17.6 Å². The Labute approximate surface area is 101 Å². The average Bonchev–Trinajstić information content (AvgIpc) is 2.29. The summed E-state index contributed by atoms with van der Waals surface area (Å²) in [6.45, 7) is 4.25. The first-order valence-corrected chi connectivity index (χ1v) is 5.83. The van der Waals surface area contributed by atoms with Gasteiger partial charge in [-0.15, -0.1) is 0 Å². The van der Waals surface area contributed by atoms with Crippen molar-refractivity contribution in [3.8, 4) is 5.75 Å². The predicted octanol–water partition coefficient (Wildman–Crippen LogP) is 2.76. The molecule has 0 heterocycles. The van der Waals surface area contributed by atoms with E-state index in [9.17, 15) is 14.3 Å². The first kappa shape index (κ1) is 13.5. The molecule has 0 atom stereocenters. The highest BCUT2D eigenvalue weighted by atomic mass is 19.1. The molecule has 1 rings (SSSR count). The van der Waals surface area contributed by atoms with Crippen LogP contribution in [0.4, 0.5) is 4.39 Å². The molecule has 4 heteroatoms. The van der Waals surface area contributed by atoms with Crippen LogP contribution in [0.25, 0.3) is 0 Å². The van der Waals surface area contributed by atoms with Gasteiger partial charge in [-0.2, -0.15) is 0 Å². The Hall–Kier alpha value is -1.58. The molecule has 2 N–H and O–H groups in total. The summed E-state index contributed by atoms with van der Waals surface area (Å²) in [6, 6.07) is 2.33. The Bertz CT molecular complexity index is 405. The van der Waals surface area contributed by atoms with E-state index in [-0.39, 0.29) is 11.3 Å². The van der Waals surface area contributed by atoms with Gasteiger partial charge < -0.3 is 10.4 Å². The molecule has 0 unspecified atom stereocenters. The number of halogens is 1. The maximum atomic E-state index is 13.4. The first-order chi connectivity index (χ1) is 8.06. The number of carbonyl (C=O) groups is 1.